The number of imidazole rings is 1. The third-order valence-electron chi connectivity index (χ3n) is 6.84. The van der Waals surface area contributed by atoms with E-state index in [1.54, 1.807) is 43.5 Å². The summed E-state index contributed by atoms with van der Waals surface area (Å²) >= 11 is 0. The quantitative estimate of drug-likeness (QED) is 0.620. The number of carbonyl (C=O) groups is 3. The van der Waals surface area contributed by atoms with Crippen LogP contribution in [0, 0.1) is 0 Å². The van der Waals surface area contributed by atoms with Crippen molar-refractivity contribution in [2.24, 2.45) is 7.05 Å². The van der Waals surface area contributed by atoms with Crippen molar-refractivity contribution in [3.63, 3.8) is 0 Å². The maximum Gasteiger partial charge on any atom is 0.241 e. The van der Waals surface area contributed by atoms with Gasteiger partial charge in [0.1, 0.15) is 11.6 Å². The van der Waals surface area contributed by atoms with Crippen LogP contribution >= 0.6 is 0 Å². The minimum atomic E-state index is -1.22. The van der Waals surface area contributed by atoms with Gasteiger partial charge in [-0.05, 0) is 30.5 Å². The number of amides is 3. The monoisotopic (exact) mass is 438 g/mol. The molecule has 3 amide bonds. The number of aromatic nitrogens is 2. The van der Waals surface area contributed by atoms with E-state index in [2.05, 4.69) is 4.98 Å². The van der Waals surface area contributed by atoms with Crippen molar-refractivity contribution in [1.29, 1.82) is 0 Å². The molecule has 2 aromatic rings. The zero-order valence-electron chi connectivity index (χ0n) is 18.9. The molecule has 170 valence electrons. The largest absolute Gasteiger partial charge is 0.497 e. The summed E-state index contributed by atoms with van der Waals surface area (Å²) < 4.78 is 7.22. The summed E-state index contributed by atoms with van der Waals surface area (Å²) in [4.78, 5) is 47.6. The van der Waals surface area contributed by atoms with E-state index in [0.717, 1.165) is 31.5 Å². The highest BCUT2D eigenvalue weighted by molar-refractivity contribution is 6.11. The predicted molar refractivity (Wildman–Crippen MR) is 118 cm³/mol. The Hall–Kier alpha value is -3.16. The van der Waals surface area contributed by atoms with Gasteiger partial charge in [0.15, 0.2) is 0 Å². The van der Waals surface area contributed by atoms with Gasteiger partial charge in [-0.15, -0.1) is 0 Å². The summed E-state index contributed by atoms with van der Waals surface area (Å²) in [7, 11) is 5.13. The molecule has 1 aliphatic heterocycles. The number of aryl methyl sites for hydroxylation is 1. The van der Waals surface area contributed by atoms with Crippen molar-refractivity contribution in [3.8, 4) is 5.75 Å². The Bertz CT molecular complexity index is 1030. The lowest BCUT2D eigenvalue weighted by molar-refractivity contribution is -0.144. The van der Waals surface area contributed by atoms with Crippen LogP contribution in [0.3, 0.4) is 0 Å². The first kappa shape index (κ1) is 22.0. The van der Waals surface area contributed by atoms with Gasteiger partial charge >= 0.3 is 0 Å². The number of rotatable bonds is 7. The first-order valence-corrected chi connectivity index (χ1v) is 11.1. The van der Waals surface area contributed by atoms with Crippen molar-refractivity contribution < 1.29 is 19.1 Å². The lowest BCUT2D eigenvalue weighted by atomic mass is 9.75. The maximum atomic E-state index is 13.8. The highest BCUT2D eigenvalue weighted by Gasteiger charge is 2.55. The van der Waals surface area contributed by atoms with Crippen LogP contribution in [0.2, 0.25) is 0 Å². The number of methoxy groups -OCH3 is 1. The zero-order chi connectivity index (χ0) is 22.9. The highest BCUT2D eigenvalue weighted by Crippen LogP contribution is 2.43. The van der Waals surface area contributed by atoms with Crippen molar-refractivity contribution in [2.75, 3.05) is 14.2 Å². The van der Waals surface area contributed by atoms with E-state index in [1.807, 2.05) is 23.9 Å². The van der Waals surface area contributed by atoms with Crippen LogP contribution in [0.15, 0.2) is 36.7 Å². The van der Waals surface area contributed by atoms with Gasteiger partial charge < -0.3 is 14.2 Å². The Balaban J connectivity index is 1.66. The lowest BCUT2D eigenvalue weighted by Crippen LogP contribution is -2.45. The van der Waals surface area contributed by atoms with Gasteiger partial charge in [0, 0.05) is 45.4 Å². The van der Waals surface area contributed by atoms with E-state index in [-0.39, 0.29) is 36.6 Å². The van der Waals surface area contributed by atoms with Crippen LogP contribution in [0.4, 0.5) is 0 Å². The number of ether oxygens (including phenoxy) is 1. The fourth-order valence-electron chi connectivity index (χ4n) is 4.92. The van der Waals surface area contributed by atoms with Crippen molar-refractivity contribution in [3.05, 3.63) is 48.0 Å². The Labute approximate surface area is 188 Å². The summed E-state index contributed by atoms with van der Waals surface area (Å²) in [6.45, 7) is 0.324. The number of hydrogen-bond donors (Lipinski definition) is 0. The fraction of sp³-hybridized carbons (Fsp3) is 0.500. The zero-order valence-corrected chi connectivity index (χ0v) is 18.9. The Kier molecular flexibility index (Phi) is 6.04. The van der Waals surface area contributed by atoms with Gasteiger partial charge in [0.2, 0.25) is 17.7 Å². The summed E-state index contributed by atoms with van der Waals surface area (Å²) in [6.07, 6.45) is 7.12. The molecule has 8 heteroatoms. The van der Waals surface area contributed by atoms with Crippen LogP contribution in [0.25, 0.3) is 0 Å². The van der Waals surface area contributed by atoms with Crippen molar-refractivity contribution >= 4 is 17.7 Å². The van der Waals surface area contributed by atoms with E-state index in [4.69, 9.17) is 4.74 Å². The molecule has 32 heavy (non-hydrogen) atoms. The van der Waals surface area contributed by atoms with Gasteiger partial charge in [0.05, 0.1) is 19.1 Å². The van der Waals surface area contributed by atoms with E-state index in [9.17, 15) is 14.4 Å². The molecule has 8 nitrogen and oxygen atoms in total. The van der Waals surface area contributed by atoms with E-state index >= 15 is 0 Å². The number of benzene rings is 1. The molecule has 1 aliphatic carbocycles. The van der Waals surface area contributed by atoms with Gasteiger partial charge in [-0.25, -0.2) is 4.98 Å². The minimum absolute atomic E-state index is 0.00249. The number of carbonyl (C=O) groups excluding carboxylic acids is 3. The average molecular weight is 439 g/mol. The van der Waals surface area contributed by atoms with Gasteiger partial charge in [-0.1, -0.05) is 25.0 Å². The Morgan fingerprint density at radius 3 is 2.69 bits per heavy atom. The lowest BCUT2D eigenvalue weighted by Gasteiger charge is -2.30. The molecular weight excluding hydrogens is 408 g/mol. The Morgan fingerprint density at radius 1 is 1.28 bits per heavy atom. The average Bonchev–Trinajstić information content (AvgIpc) is 3.50. The standard InChI is InChI=1S/C24H30N4O4/c1-26-12-11-25-20(26)16-27(2)21(29)14-24(17-7-6-10-19(13-17)32-3)15-22(30)28(23(24)31)18-8-4-5-9-18/h6-7,10-13,18H,4-5,8-9,14-16H2,1-3H3. The highest BCUT2D eigenvalue weighted by atomic mass is 16.5. The van der Waals surface area contributed by atoms with Crippen LogP contribution in [-0.2, 0) is 33.4 Å². The van der Waals surface area contributed by atoms with Crippen molar-refractivity contribution in [2.45, 2.75) is 56.5 Å². The molecule has 0 spiro atoms. The molecule has 0 radical (unpaired) electrons. The number of nitrogens with zero attached hydrogens (tertiary/aromatic N) is 4. The number of imide groups is 1. The summed E-state index contributed by atoms with van der Waals surface area (Å²) in [5, 5.41) is 0. The molecule has 2 heterocycles. The smallest absolute Gasteiger partial charge is 0.241 e. The molecular formula is C24H30N4O4. The van der Waals surface area contributed by atoms with Crippen LogP contribution in [-0.4, -0.2) is 57.3 Å². The second-order valence-corrected chi connectivity index (χ2v) is 8.88. The first-order valence-electron chi connectivity index (χ1n) is 11.1. The van der Waals surface area contributed by atoms with Gasteiger partial charge in [-0.2, -0.15) is 0 Å². The van der Waals surface area contributed by atoms with E-state index < -0.39 is 5.41 Å². The van der Waals surface area contributed by atoms with Crippen molar-refractivity contribution in [1.82, 2.24) is 19.4 Å². The van der Waals surface area contributed by atoms with E-state index in [0.29, 0.717) is 17.9 Å². The Morgan fingerprint density at radius 2 is 2.03 bits per heavy atom. The molecule has 1 saturated heterocycles. The molecule has 1 atom stereocenters. The minimum Gasteiger partial charge on any atom is -0.497 e. The molecule has 1 aromatic carbocycles. The molecule has 0 N–H and O–H groups in total. The summed E-state index contributed by atoms with van der Waals surface area (Å²) in [5.41, 5.74) is -0.573. The molecule has 1 aromatic heterocycles. The molecule has 1 saturated carbocycles. The van der Waals surface area contributed by atoms with Crippen LogP contribution in [0.1, 0.15) is 49.9 Å². The second kappa shape index (κ2) is 8.76. The summed E-state index contributed by atoms with van der Waals surface area (Å²) in [6, 6.07) is 7.12. The third kappa shape index (κ3) is 3.89. The summed E-state index contributed by atoms with van der Waals surface area (Å²) in [5.74, 6) is 0.684. The molecule has 1 unspecified atom stereocenters. The number of hydrogen-bond acceptors (Lipinski definition) is 5. The fourth-order valence-corrected chi connectivity index (χ4v) is 4.92. The molecule has 2 aliphatic rings. The second-order valence-electron chi connectivity index (χ2n) is 8.88. The predicted octanol–water partition coefficient (Wildman–Crippen LogP) is 2.42. The van der Waals surface area contributed by atoms with Crippen LogP contribution < -0.4 is 4.74 Å². The first-order chi connectivity index (χ1) is 15.4. The normalized spacial score (nSPS) is 21.4. The van der Waals surface area contributed by atoms with Crippen LogP contribution in [0.5, 0.6) is 5.75 Å². The maximum absolute atomic E-state index is 13.8. The molecule has 0 bridgehead atoms. The number of likely N-dealkylation sites (tertiary alicyclic amines) is 1. The van der Waals surface area contributed by atoms with Gasteiger partial charge in [-0.3, -0.25) is 19.3 Å². The van der Waals surface area contributed by atoms with E-state index in [1.165, 1.54) is 4.90 Å². The topological polar surface area (TPSA) is 84.7 Å². The third-order valence-corrected chi connectivity index (χ3v) is 6.84. The SMILES string of the molecule is COc1cccc(C2(CC(=O)N(C)Cc3nccn3C)CC(=O)N(C3CCCC3)C2=O)c1. The molecule has 4 rings (SSSR count). The molecule has 2 fully saturated rings. The van der Waals surface area contributed by atoms with Gasteiger partial charge in [0.25, 0.3) is 0 Å².